The molecule has 5 N–H and O–H groups in total. The standard InChI is InChI=1S/C28H34ClN5O2/c29-20-5-6-22-24(15-20)31-23-7-8-25(35)32-27(23)26(22)30-21-13-18(16-33-9-1-2-10-33)28(36)19(14-21)17-34-11-3-4-12-34/h5-8,13-15,23,25,30-32,35-36H,1-4,9-12,16-17H2. The summed E-state index contributed by atoms with van der Waals surface area (Å²) in [4.78, 5) is 4.84. The SMILES string of the molecule is Oc1c(CN2CCCC2)cc(NC2=C3NC(O)C=CC3Nc3cc(Cl)ccc32)cc1CN1CCCC1. The molecule has 2 fully saturated rings. The van der Waals surface area contributed by atoms with Gasteiger partial charge < -0.3 is 26.2 Å². The normalized spacial score (nSPS) is 23.8. The van der Waals surface area contributed by atoms with Crippen molar-refractivity contribution in [3.05, 3.63) is 69.9 Å². The second-order valence-corrected chi connectivity index (χ2v) is 10.7. The van der Waals surface area contributed by atoms with E-state index in [0.29, 0.717) is 10.8 Å². The molecule has 0 saturated carbocycles. The molecule has 4 heterocycles. The summed E-state index contributed by atoms with van der Waals surface area (Å²) in [5.41, 5.74) is 6.56. The summed E-state index contributed by atoms with van der Waals surface area (Å²) in [6.07, 6.45) is 7.82. The Morgan fingerprint density at radius 3 is 2.17 bits per heavy atom. The van der Waals surface area contributed by atoms with E-state index < -0.39 is 6.23 Å². The number of likely N-dealkylation sites (tertiary alicyclic amines) is 2. The summed E-state index contributed by atoms with van der Waals surface area (Å²) in [5.74, 6) is 0.418. The molecule has 4 aliphatic rings. The van der Waals surface area contributed by atoms with E-state index in [2.05, 4.69) is 37.9 Å². The van der Waals surface area contributed by atoms with Crippen LogP contribution < -0.4 is 16.0 Å². The third-order valence-corrected chi connectivity index (χ3v) is 7.89. The number of nitrogens with one attached hydrogen (secondary N) is 3. The molecule has 2 unspecified atom stereocenters. The second kappa shape index (κ2) is 9.98. The van der Waals surface area contributed by atoms with Crippen molar-refractivity contribution in [2.45, 2.75) is 51.0 Å². The molecule has 0 radical (unpaired) electrons. The summed E-state index contributed by atoms with van der Waals surface area (Å²) in [6, 6.07) is 9.87. The maximum atomic E-state index is 11.3. The molecule has 7 nitrogen and oxygen atoms in total. The number of nitrogens with zero attached hydrogens (tertiary/aromatic N) is 2. The van der Waals surface area contributed by atoms with Crippen molar-refractivity contribution in [1.29, 1.82) is 0 Å². The predicted molar refractivity (Wildman–Crippen MR) is 145 cm³/mol. The number of hydrogen-bond acceptors (Lipinski definition) is 7. The second-order valence-electron chi connectivity index (χ2n) is 10.3. The maximum Gasteiger partial charge on any atom is 0.143 e. The van der Waals surface area contributed by atoms with E-state index in [0.717, 1.165) is 78.7 Å². The zero-order valence-electron chi connectivity index (χ0n) is 20.4. The van der Waals surface area contributed by atoms with Crippen molar-refractivity contribution in [2.75, 3.05) is 36.8 Å². The lowest BCUT2D eigenvalue weighted by molar-refractivity contribution is 0.191. The Bertz CT molecular complexity index is 1160. The summed E-state index contributed by atoms with van der Waals surface area (Å²) in [5, 5.41) is 32.7. The molecule has 0 amide bonds. The molecular weight excluding hydrogens is 474 g/mol. The van der Waals surface area contributed by atoms with Crippen molar-refractivity contribution >= 4 is 28.7 Å². The number of anilines is 2. The van der Waals surface area contributed by atoms with Crippen LogP contribution in [0.2, 0.25) is 5.02 Å². The van der Waals surface area contributed by atoms with Crippen LogP contribution in [0.25, 0.3) is 5.70 Å². The average molecular weight is 508 g/mol. The van der Waals surface area contributed by atoms with Gasteiger partial charge in [-0.3, -0.25) is 9.80 Å². The molecule has 0 spiro atoms. The first kappa shape index (κ1) is 23.7. The highest BCUT2D eigenvalue weighted by molar-refractivity contribution is 6.31. The Hall–Kier alpha value is -2.71. The van der Waals surface area contributed by atoms with E-state index in [4.69, 9.17) is 11.6 Å². The first-order valence-electron chi connectivity index (χ1n) is 13.0. The fourth-order valence-corrected chi connectivity index (χ4v) is 6.01. The van der Waals surface area contributed by atoms with E-state index in [-0.39, 0.29) is 6.04 Å². The average Bonchev–Trinajstić information content (AvgIpc) is 3.56. The molecule has 0 bridgehead atoms. The quantitative estimate of drug-likeness (QED) is 0.295. The van der Waals surface area contributed by atoms with Crippen LogP contribution in [-0.2, 0) is 13.1 Å². The van der Waals surface area contributed by atoms with Gasteiger partial charge in [0.15, 0.2) is 0 Å². The highest BCUT2D eigenvalue weighted by Gasteiger charge is 2.30. The molecule has 2 atom stereocenters. The van der Waals surface area contributed by atoms with Gasteiger partial charge in [-0.25, -0.2) is 0 Å². The molecule has 0 aromatic heterocycles. The fraction of sp³-hybridized carbons (Fsp3) is 0.429. The highest BCUT2D eigenvalue weighted by atomic mass is 35.5. The van der Waals surface area contributed by atoms with E-state index in [1.807, 2.05) is 24.3 Å². The van der Waals surface area contributed by atoms with Crippen molar-refractivity contribution in [3.63, 3.8) is 0 Å². The van der Waals surface area contributed by atoms with Crippen LogP contribution in [0.3, 0.4) is 0 Å². The predicted octanol–water partition coefficient (Wildman–Crippen LogP) is 4.29. The molecule has 36 heavy (non-hydrogen) atoms. The number of aromatic hydroxyl groups is 1. The molecule has 2 aromatic rings. The third kappa shape index (κ3) is 4.81. The summed E-state index contributed by atoms with van der Waals surface area (Å²) >= 11 is 6.32. The Labute approximate surface area is 217 Å². The minimum absolute atomic E-state index is 0.105. The number of aliphatic hydroxyl groups excluding tert-OH is 1. The Morgan fingerprint density at radius 1 is 0.889 bits per heavy atom. The molecule has 8 heteroatoms. The van der Waals surface area contributed by atoms with Crippen LogP contribution in [-0.4, -0.2) is 58.5 Å². The third-order valence-electron chi connectivity index (χ3n) is 7.65. The first-order valence-corrected chi connectivity index (χ1v) is 13.4. The number of fused-ring (bicyclic) bond motifs is 2. The smallest absolute Gasteiger partial charge is 0.143 e. The monoisotopic (exact) mass is 507 g/mol. The Morgan fingerprint density at radius 2 is 1.53 bits per heavy atom. The highest BCUT2D eigenvalue weighted by Crippen LogP contribution is 2.38. The van der Waals surface area contributed by atoms with Gasteiger partial charge in [0.1, 0.15) is 12.0 Å². The summed E-state index contributed by atoms with van der Waals surface area (Å²) < 4.78 is 0. The van der Waals surface area contributed by atoms with Gasteiger partial charge in [0, 0.05) is 46.2 Å². The van der Waals surface area contributed by atoms with Gasteiger partial charge >= 0.3 is 0 Å². The Balaban J connectivity index is 1.40. The van der Waals surface area contributed by atoms with Gasteiger partial charge in [-0.2, -0.15) is 0 Å². The lowest BCUT2D eigenvalue weighted by Gasteiger charge is -2.35. The number of hydrogen-bond donors (Lipinski definition) is 5. The topological polar surface area (TPSA) is 83.0 Å². The zero-order valence-corrected chi connectivity index (χ0v) is 21.2. The number of halogens is 1. The zero-order chi connectivity index (χ0) is 24.6. The minimum Gasteiger partial charge on any atom is -0.507 e. The van der Waals surface area contributed by atoms with Gasteiger partial charge in [-0.1, -0.05) is 17.7 Å². The molecule has 6 rings (SSSR count). The lowest BCUT2D eigenvalue weighted by atomic mass is 9.95. The van der Waals surface area contributed by atoms with Crippen molar-refractivity contribution < 1.29 is 10.2 Å². The molecule has 190 valence electrons. The first-order chi connectivity index (χ1) is 17.5. The van der Waals surface area contributed by atoms with Crippen molar-refractivity contribution in [3.8, 4) is 5.75 Å². The number of rotatable bonds is 6. The van der Waals surface area contributed by atoms with Crippen LogP contribution in [0.4, 0.5) is 11.4 Å². The van der Waals surface area contributed by atoms with Crippen LogP contribution in [0.5, 0.6) is 5.75 Å². The number of phenols is 1. The molecule has 4 aliphatic heterocycles. The Kier molecular flexibility index (Phi) is 6.56. The largest absolute Gasteiger partial charge is 0.507 e. The number of benzene rings is 2. The van der Waals surface area contributed by atoms with Crippen LogP contribution in [0, 0.1) is 0 Å². The molecule has 2 saturated heterocycles. The lowest BCUT2D eigenvalue weighted by Crippen LogP contribution is -2.42. The summed E-state index contributed by atoms with van der Waals surface area (Å²) in [6.45, 7) is 5.78. The molecular formula is C28H34ClN5O2. The van der Waals surface area contributed by atoms with Crippen LogP contribution >= 0.6 is 11.6 Å². The van der Waals surface area contributed by atoms with Gasteiger partial charge in [-0.15, -0.1) is 0 Å². The van der Waals surface area contributed by atoms with Crippen molar-refractivity contribution in [1.82, 2.24) is 15.1 Å². The summed E-state index contributed by atoms with van der Waals surface area (Å²) in [7, 11) is 0. The molecule has 0 aliphatic carbocycles. The van der Waals surface area contributed by atoms with E-state index in [9.17, 15) is 10.2 Å². The minimum atomic E-state index is -0.750. The van der Waals surface area contributed by atoms with Gasteiger partial charge in [0.25, 0.3) is 0 Å². The number of phenolic OH excluding ortho intramolecular Hbond substituents is 1. The van der Waals surface area contributed by atoms with Crippen LogP contribution in [0.1, 0.15) is 42.4 Å². The van der Waals surface area contributed by atoms with Crippen LogP contribution in [0.15, 0.2) is 48.2 Å². The molecule has 2 aromatic carbocycles. The van der Waals surface area contributed by atoms with Crippen molar-refractivity contribution in [2.24, 2.45) is 0 Å². The van der Waals surface area contributed by atoms with E-state index >= 15 is 0 Å². The maximum absolute atomic E-state index is 11.3. The fourth-order valence-electron chi connectivity index (χ4n) is 5.84. The van der Waals surface area contributed by atoms with Gasteiger partial charge in [0.2, 0.25) is 0 Å². The number of aliphatic hydroxyl groups is 1. The van der Waals surface area contributed by atoms with E-state index in [1.54, 1.807) is 6.08 Å². The van der Waals surface area contributed by atoms with Gasteiger partial charge in [0.05, 0.1) is 17.4 Å². The van der Waals surface area contributed by atoms with Gasteiger partial charge in [-0.05, 0) is 88.3 Å². The van der Waals surface area contributed by atoms with E-state index in [1.165, 1.54) is 25.7 Å².